The third kappa shape index (κ3) is 8.00. The first kappa shape index (κ1) is 34.5. The highest BCUT2D eigenvalue weighted by Gasteiger charge is 2.38. The average molecular weight is 677 g/mol. The SMILES string of the molecule is CCOc1ccc(Oc2c(C(=O)O)c(C(O)=Nc3ccccc3)c(Oc3ccc(OCC)cc3)c(C(O)=Nc3ccccc3)c2C(=O)O)cc1. The van der Waals surface area contributed by atoms with E-state index in [4.69, 9.17) is 18.9 Å². The number of hydrogen-bond donors (Lipinski definition) is 4. The van der Waals surface area contributed by atoms with Gasteiger partial charge in [0.25, 0.3) is 0 Å². The first-order valence-electron chi connectivity index (χ1n) is 15.4. The molecule has 254 valence electrons. The molecule has 0 spiro atoms. The first-order valence-corrected chi connectivity index (χ1v) is 15.4. The van der Waals surface area contributed by atoms with E-state index in [0.29, 0.717) is 24.7 Å². The molecule has 50 heavy (non-hydrogen) atoms. The van der Waals surface area contributed by atoms with Crippen LogP contribution < -0.4 is 18.9 Å². The number of ether oxygens (including phenoxy) is 4. The molecule has 5 aromatic carbocycles. The van der Waals surface area contributed by atoms with Crippen LogP contribution in [0.15, 0.2) is 119 Å². The molecule has 0 fully saturated rings. The smallest absolute Gasteiger partial charge is 0.340 e. The minimum Gasteiger partial charge on any atom is -0.494 e. The number of para-hydroxylation sites is 2. The fraction of sp³-hybridized carbons (Fsp3) is 0.105. The Morgan fingerprint density at radius 2 is 0.800 bits per heavy atom. The van der Waals surface area contributed by atoms with Crippen LogP contribution in [0.1, 0.15) is 45.7 Å². The Balaban J connectivity index is 1.89. The zero-order chi connectivity index (χ0) is 35.6. The predicted molar refractivity (Wildman–Crippen MR) is 186 cm³/mol. The molecule has 0 aromatic heterocycles. The predicted octanol–water partition coefficient (Wildman–Crippen LogP) is 8.74. The molecule has 0 aliphatic carbocycles. The van der Waals surface area contributed by atoms with Gasteiger partial charge in [0.2, 0.25) is 11.8 Å². The summed E-state index contributed by atoms with van der Waals surface area (Å²) < 4.78 is 23.2. The Hall–Kier alpha value is -6.82. The molecule has 0 aliphatic rings. The molecule has 4 N–H and O–H groups in total. The highest BCUT2D eigenvalue weighted by molar-refractivity contribution is 6.17. The summed E-state index contributed by atoms with van der Waals surface area (Å²) in [6.07, 6.45) is 0. The van der Waals surface area contributed by atoms with Crippen LogP contribution in [0, 0.1) is 0 Å². The lowest BCUT2D eigenvalue weighted by Crippen LogP contribution is -2.21. The van der Waals surface area contributed by atoms with Gasteiger partial charge in [-0.05, 0) is 86.6 Å². The van der Waals surface area contributed by atoms with E-state index < -0.39 is 57.5 Å². The van der Waals surface area contributed by atoms with Crippen molar-refractivity contribution in [1.29, 1.82) is 0 Å². The number of hydrogen-bond acceptors (Lipinski definition) is 8. The number of benzene rings is 5. The Morgan fingerprint density at radius 3 is 1.12 bits per heavy atom. The van der Waals surface area contributed by atoms with Gasteiger partial charge >= 0.3 is 11.9 Å². The van der Waals surface area contributed by atoms with Crippen molar-refractivity contribution in [2.75, 3.05) is 13.2 Å². The monoisotopic (exact) mass is 676 g/mol. The molecular formula is C38H32N2O10. The second-order valence-electron chi connectivity index (χ2n) is 10.3. The summed E-state index contributed by atoms with van der Waals surface area (Å²) >= 11 is 0. The molecule has 0 bridgehead atoms. The van der Waals surface area contributed by atoms with Crippen LogP contribution in [0.5, 0.6) is 34.5 Å². The van der Waals surface area contributed by atoms with Crippen molar-refractivity contribution < 1.29 is 49.0 Å². The largest absolute Gasteiger partial charge is 0.494 e. The van der Waals surface area contributed by atoms with Gasteiger partial charge in [-0.2, -0.15) is 0 Å². The van der Waals surface area contributed by atoms with E-state index in [9.17, 15) is 30.0 Å². The van der Waals surface area contributed by atoms with Crippen LogP contribution >= 0.6 is 0 Å². The minimum atomic E-state index is -1.69. The zero-order valence-corrected chi connectivity index (χ0v) is 26.9. The number of carbonyl (C=O) groups is 2. The van der Waals surface area contributed by atoms with Crippen LogP contribution in [0.4, 0.5) is 11.4 Å². The van der Waals surface area contributed by atoms with Crippen LogP contribution in [-0.4, -0.2) is 57.4 Å². The summed E-state index contributed by atoms with van der Waals surface area (Å²) in [5.74, 6) is -5.37. The van der Waals surface area contributed by atoms with Gasteiger partial charge in [0, 0.05) is 0 Å². The number of aliphatic hydroxyl groups is 2. The van der Waals surface area contributed by atoms with Crippen LogP contribution in [0.25, 0.3) is 0 Å². The van der Waals surface area contributed by atoms with Crippen molar-refractivity contribution in [2.24, 2.45) is 9.98 Å². The third-order valence-electron chi connectivity index (χ3n) is 6.97. The Bertz CT molecular complexity index is 1930. The summed E-state index contributed by atoms with van der Waals surface area (Å²) in [5, 5.41) is 44.6. The Kier molecular flexibility index (Phi) is 10.9. The highest BCUT2D eigenvalue weighted by Crippen LogP contribution is 2.44. The maximum Gasteiger partial charge on any atom is 0.340 e. The minimum absolute atomic E-state index is 0.0227. The van der Waals surface area contributed by atoms with Gasteiger partial charge in [0.15, 0.2) is 11.5 Å². The van der Waals surface area contributed by atoms with E-state index >= 15 is 0 Å². The molecule has 0 saturated carbocycles. The standard InChI is InChI=1S/C38H32N2O10/c1-3-47-25-15-19-27(20-16-25)49-33-29(35(41)39-23-11-7-5-8-12-23)31(37(43)44)34(50-28-21-17-26(18-22-28)48-4-2)32(38(45)46)30(33)36(42)40-24-13-9-6-10-14-24/h5-22H,3-4H2,1-2H3,(H,39,41)(H,40,42)(H,43,44)(H,45,46). The topological polar surface area (TPSA) is 177 Å². The summed E-state index contributed by atoms with van der Waals surface area (Å²) in [6, 6.07) is 28.4. The van der Waals surface area contributed by atoms with E-state index in [1.165, 1.54) is 24.3 Å². The van der Waals surface area contributed by atoms with E-state index in [1.54, 1.807) is 91.9 Å². The van der Waals surface area contributed by atoms with Gasteiger partial charge < -0.3 is 39.4 Å². The summed E-state index contributed by atoms with van der Waals surface area (Å²) in [7, 11) is 0. The summed E-state index contributed by atoms with van der Waals surface area (Å²) in [5.41, 5.74) is -2.35. The molecule has 12 nitrogen and oxygen atoms in total. The van der Waals surface area contributed by atoms with Gasteiger partial charge in [-0.25, -0.2) is 19.6 Å². The lowest BCUT2D eigenvalue weighted by molar-refractivity contribution is 0.0690. The Morgan fingerprint density at radius 1 is 0.480 bits per heavy atom. The molecule has 5 rings (SSSR count). The fourth-order valence-electron chi connectivity index (χ4n) is 4.88. The third-order valence-corrected chi connectivity index (χ3v) is 6.97. The van der Waals surface area contributed by atoms with Gasteiger partial charge in [-0.1, -0.05) is 36.4 Å². The van der Waals surface area contributed by atoms with Crippen molar-refractivity contribution >= 4 is 35.1 Å². The maximum atomic E-state index is 13.2. The number of carboxylic acid groups (broad SMARTS) is 2. The van der Waals surface area contributed by atoms with E-state index in [1.807, 2.05) is 6.92 Å². The molecule has 0 heterocycles. The van der Waals surface area contributed by atoms with E-state index in [-0.39, 0.29) is 22.9 Å². The lowest BCUT2D eigenvalue weighted by Gasteiger charge is -2.22. The number of rotatable bonds is 14. The number of carboxylic acids is 2. The number of aromatic carboxylic acids is 2. The number of nitrogens with zero attached hydrogens (tertiary/aromatic N) is 2. The molecule has 0 unspecified atom stereocenters. The molecule has 0 amide bonds. The lowest BCUT2D eigenvalue weighted by atomic mass is 9.93. The molecule has 0 aliphatic heterocycles. The molecule has 0 atom stereocenters. The van der Waals surface area contributed by atoms with Crippen molar-refractivity contribution in [3.63, 3.8) is 0 Å². The highest BCUT2D eigenvalue weighted by atomic mass is 16.5. The van der Waals surface area contributed by atoms with E-state index in [0.717, 1.165) is 0 Å². The second-order valence-corrected chi connectivity index (χ2v) is 10.3. The molecule has 12 heteroatoms. The fourth-order valence-corrected chi connectivity index (χ4v) is 4.88. The van der Waals surface area contributed by atoms with Gasteiger partial charge in [0.05, 0.1) is 35.7 Å². The normalized spacial score (nSPS) is 11.5. The van der Waals surface area contributed by atoms with Crippen LogP contribution in [-0.2, 0) is 0 Å². The van der Waals surface area contributed by atoms with Crippen LogP contribution in [0.3, 0.4) is 0 Å². The summed E-state index contributed by atoms with van der Waals surface area (Å²) in [6.45, 7) is 4.39. The number of aliphatic hydroxyl groups excluding tert-OH is 2. The Labute approximate surface area is 286 Å². The second kappa shape index (κ2) is 15.8. The zero-order valence-electron chi connectivity index (χ0n) is 26.9. The molecular weight excluding hydrogens is 644 g/mol. The molecule has 0 radical (unpaired) electrons. The average Bonchev–Trinajstić information content (AvgIpc) is 3.10. The van der Waals surface area contributed by atoms with Gasteiger partial charge in [-0.3, -0.25) is 0 Å². The van der Waals surface area contributed by atoms with Crippen LogP contribution in [0.2, 0.25) is 0 Å². The van der Waals surface area contributed by atoms with E-state index in [2.05, 4.69) is 9.98 Å². The van der Waals surface area contributed by atoms with Crippen molar-refractivity contribution in [3.05, 3.63) is 131 Å². The maximum absolute atomic E-state index is 13.2. The first-order chi connectivity index (χ1) is 24.2. The quantitative estimate of drug-likeness (QED) is 0.0657. The molecule has 0 saturated heterocycles. The van der Waals surface area contributed by atoms with Gasteiger partial charge in [-0.15, -0.1) is 0 Å². The molecule has 5 aromatic rings. The van der Waals surface area contributed by atoms with Crippen molar-refractivity contribution in [1.82, 2.24) is 0 Å². The van der Waals surface area contributed by atoms with Crippen molar-refractivity contribution in [3.8, 4) is 34.5 Å². The van der Waals surface area contributed by atoms with Gasteiger partial charge in [0.1, 0.15) is 34.1 Å². The van der Waals surface area contributed by atoms with Crippen molar-refractivity contribution in [2.45, 2.75) is 13.8 Å². The summed E-state index contributed by atoms with van der Waals surface area (Å²) in [4.78, 5) is 34.8. The number of aliphatic imine (C=N–C) groups is 2.